The number of hydrogen-bond acceptors (Lipinski definition) is 13. The summed E-state index contributed by atoms with van der Waals surface area (Å²) in [4.78, 5) is 120. The molecule has 0 bridgehead atoms. The number of aliphatic hydroxyl groups is 2. The van der Waals surface area contributed by atoms with Crippen molar-refractivity contribution in [3.05, 3.63) is 71.8 Å². The second-order valence-electron chi connectivity index (χ2n) is 18.5. The quantitative estimate of drug-likeness (QED) is 0.0362. The van der Waals surface area contributed by atoms with Crippen molar-refractivity contribution in [1.82, 2.24) is 42.5 Å². The number of nitrogens with two attached hydrogens (primary N) is 2. The summed E-state index contributed by atoms with van der Waals surface area (Å²) in [5.74, 6) is -8.81. The third kappa shape index (κ3) is 22.0. The van der Waals surface area contributed by atoms with Gasteiger partial charge in [0, 0.05) is 12.8 Å². The number of carboxylic acids is 1. The Hall–Kier alpha value is -6.49. The van der Waals surface area contributed by atoms with E-state index in [1.807, 2.05) is 0 Å². The fraction of sp³-hybridized carbons (Fsp3) is 0.571. The van der Waals surface area contributed by atoms with Gasteiger partial charge in [0.05, 0.1) is 19.8 Å². The Morgan fingerprint density at radius 1 is 0.465 bits per heavy atom. The van der Waals surface area contributed by atoms with E-state index in [4.69, 9.17) is 11.5 Å². The highest BCUT2D eigenvalue weighted by Crippen LogP contribution is 2.12. The average Bonchev–Trinajstić information content (AvgIpc) is 3.32. The second kappa shape index (κ2) is 31.7. The van der Waals surface area contributed by atoms with Crippen LogP contribution in [0.1, 0.15) is 84.8 Å². The molecule has 0 saturated carbocycles. The summed E-state index contributed by atoms with van der Waals surface area (Å²) < 4.78 is 0. The average molecular weight is 997 g/mol. The van der Waals surface area contributed by atoms with Gasteiger partial charge in [-0.1, -0.05) is 102 Å². The number of benzene rings is 2. The molecule has 22 heteroatoms. The van der Waals surface area contributed by atoms with Crippen LogP contribution in [0.3, 0.4) is 0 Å². The number of unbranched alkanes of at least 4 members (excludes halogenated alkanes) is 1. The number of carboxylic acid groups (broad SMARTS) is 1. The van der Waals surface area contributed by atoms with E-state index in [0.29, 0.717) is 24.0 Å². The van der Waals surface area contributed by atoms with Gasteiger partial charge in [-0.2, -0.15) is 0 Å². The standard InChI is InChI=1S/C49H76N10O12/c1-28(2)21-34(54-44(65)36(52-40(62)25-51)23-31-15-9-7-10-16-31)43(64)58-38(26-60)46(67)53-33(19-13-14-20-50)42(63)57-39(27-61)47(68)55-35(22-29(3)4)45(66)59-41(30(5)6)48(69)56-37(49(70)71)24-32-17-11-8-12-18-32/h7-12,15-18,28-30,33-39,41,60-61H,13-14,19-27,50-51H2,1-6H3,(H,52,62)(H,53,67)(H,54,65)(H,55,68)(H,56,69)(H,57,63)(H,58,64)(H,59,66)(H,70,71)/t33-,34-,35-,36-,37-,38-,39-,41-/m0/s1. The monoisotopic (exact) mass is 997 g/mol. The Balaban J connectivity index is 2.25. The van der Waals surface area contributed by atoms with Crippen molar-refractivity contribution in [2.75, 3.05) is 26.3 Å². The number of aliphatic hydroxyl groups excluding tert-OH is 2. The van der Waals surface area contributed by atoms with Crippen LogP contribution in [0, 0.1) is 17.8 Å². The zero-order valence-electron chi connectivity index (χ0n) is 41.6. The van der Waals surface area contributed by atoms with Crippen LogP contribution in [0.15, 0.2) is 60.7 Å². The number of aliphatic carboxylic acids is 1. The first-order valence-corrected chi connectivity index (χ1v) is 24.0. The van der Waals surface area contributed by atoms with E-state index in [-0.39, 0.29) is 50.5 Å². The van der Waals surface area contributed by atoms with E-state index >= 15 is 0 Å². The lowest BCUT2D eigenvalue weighted by molar-refractivity contribution is -0.142. The minimum atomic E-state index is -1.66. The van der Waals surface area contributed by atoms with Gasteiger partial charge >= 0.3 is 5.97 Å². The summed E-state index contributed by atoms with van der Waals surface area (Å²) in [7, 11) is 0. The van der Waals surface area contributed by atoms with Crippen LogP contribution >= 0.6 is 0 Å². The molecule has 0 aromatic heterocycles. The highest BCUT2D eigenvalue weighted by atomic mass is 16.4. The number of hydrogen-bond donors (Lipinski definition) is 13. The molecule has 8 amide bonds. The molecule has 22 nitrogen and oxygen atoms in total. The zero-order valence-corrected chi connectivity index (χ0v) is 41.6. The predicted octanol–water partition coefficient (Wildman–Crippen LogP) is -1.74. The van der Waals surface area contributed by atoms with Gasteiger partial charge in [-0.05, 0) is 67.5 Å². The van der Waals surface area contributed by atoms with Crippen LogP contribution in [0.2, 0.25) is 0 Å². The number of carbonyl (C=O) groups excluding carboxylic acids is 8. The highest BCUT2D eigenvalue weighted by molar-refractivity contribution is 5.98. The van der Waals surface area contributed by atoms with Gasteiger partial charge in [-0.25, -0.2) is 4.79 Å². The zero-order chi connectivity index (χ0) is 53.2. The van der Waals surface area contributed by atoms with E-state index < -0.39 is 127 Å². The molecule has 15 N–H and O–H groups in total. The van der Waals surface area contributed by atoms with Gasteiger partial charge in [0.2, 0.25) is 47.3 Å². The van der Waals surface area contributed by atoms with Crippen LogP contribution in [-0.4, -0.2) is 143 Å². The first-order valence-electron chi connectivity index (χ1n) is 24.0. The Morgan fingerprint density at radius 3 is 1.25 bits per heavy atom. The molecule has 2 aromatic carbocycles. The van der Waals surface area contributed by atoms with Gasteiger partial charge < -0.3 is 69.3 Å². The summed E-state index contributed by atoms with van der Waals surface area (Å²) in [6.45, 7) is 8.38. The molecule has 394 valence electrons. The molecule has 0 heterocycles. The van der Waals surface area contributed by atoms with Crippen LogP contribution in [0.4, 0.5) is 0 Å². The van der Waals surface area contributed by atoms with E-state index in [2.05, 4.69) is 42.5 Å². The fourth-order valence-electron chi connectivity index (χ4n) is 7.33. The van der Waals surface area contributed by atoms with Crippen molar-refractivity contribution in [3.8, 4) is 0 Å². The maximum atomic E-state index is 13.8. The lowest BCUT2D eigenvalue weighted by atomic mass is 9.99. The molecule has 8 atom stereocenters. The molecule has 0 unspecified atom stereocenters. The lowest BCUT2D eigenvalue weighted by Crippen LogP contribution is -2.61. The Labute approximate surface area is 415 Å². The molecule has 0 aliphatic rings. The number of amides is 8. The first-order chi connectivity index (χ1) is 33.6. The maximum Gasteiger partial charge on any atom is 0.326 e. The molecule has 0 aliphatic heterocycles. The van der Waals surface area contributed by atoms with Gasteiger partial charge in [0.15, 0.2) is 0 Å². The summed E-state index contributed by atoms with van der Waals surface area (Å²) in [6.07, 6.45) is 0.878. The van der Waals surface area contributed by atoms with Crippen molar-refractivity contribution in [3.63, 3.8) is 0 Å². The lowest BCUT2D eigenvalue weighted by Gasteiger charge is -2.28. The number of nitrogens with one attached hydrogen (secondary N) is 8. The van der Waals surface area contributed by atoms with Gasteiger partial charge in [0.1, 0.15) is 48.3 Å². The van der Waals surface area contributed by atoms with E-state index in [0.717, 1.165) is 0 Å². The molecule has 2 aromatic rings. The smallest absolute Gasteiger partial charge is 0.326 e. The van der Waals surface area contributed by atoms with Crippen LogP contribution in [0.25, 0.3) is 0 Å². The fourth-order valence-corrected chi connectivity index (χ4v) is 7.33. The summed E-state index contributed by atoms with van der Waals surface area (Å²) >= 11 is 0. The molecular weight excluding hydrogens is 921 g/mol. The molecule has 0 saturated heterocycles. The Kier molecular flexibility index (Phi) is 27.1. The van der Waals surface area contributed by atoms with Gasteiger partial charge in [-0.15, -0.1) is 0 Å². The van der Waals surface area contributed by atoms with Gasteiger partial charge in [0.25, 0.3) is 0 Å². The third-order valence-electron chi connectivity index (χ3n) is 11.2. The van der Waals surface area contributed by atoms with E-state index in [1.54, 1.807) is 102 Å². The van der Waals surface area contributed by atoms with Crippen molar-refractivity contribution in [2.24, 2.45) is 29.2 Å². The largest absolute Gasteiger partial charge is 0.480 e. The predicted molar refractivity (Wildman–Crippen MR) is 263 cm³/mol. The van der Waals surface area contributed by atoms with Crippen molar-refractivity contribution in [1.29, 1.82) is 0 Å². The maximum absolute atomic E-state index is 13.8. The van der Waals surface area contributed by atoms with Crippen LogP contribution in [0.5, 0.6) is 0 Å². The molecule has 2 rings (SSSR count). The van der Waals surface area contributed by atoms with Crippen LogP contribution < -0.4 is 54.0 Å². The third-order valence-corrected chi connectivity index (χ3v) is 11.2. The van der Waals surface area contributed by atoms with Crippen molar-refractivity contribution < 1.29 is 58.5 Å². The van der Waals surface area contributed by atoms with Gasteiger partial charge in [-0.3, -0.25) is 38.4 Å². The summed E-state index contributed by atoms with van der Waals surface area (Å²) in [5, 5.41) is 50.7. The van der Waals surface area contributed by atoms with E-state index in [9.17, 15) is 58.5 Å². The minimum Gasteiger partial charge on any atom is -0.480 e. The normalized spacial score (nSPS) is 14.6. The second-order valence-corrected chi connectivity index (χ2v) is 18.5. The molecular formula is C49H76N10O12. The summed E-state index contributed by atoms with van der Waals surface area (Å²) in [6, 6.07) is 6.60. The molecule has 0 spiro atoms. The SMILES string of the molecule is CC(C)C[C@H](NC(=O)[C@H](Cc1ccccc1)NC(=O)CN)C(=O)N[C@@H](CO)C(=O)N[C@@H](CCCCN)C(=O)N[C@@H](CO)C(=O)N[C@@H](CC(C)C)C(=O)N[C@H](C(=O)N[C@@H](Cc1ccccc1)C(=O)O)C(C)C. The molecule has 0 aliphatic carbocycles. The Morgan fingerprint density at radius 2 is 0.845 bits per heavy atom. The minimum absolute atomic E-state index is 0.0201. The van der Waals surface area contributed by atoms with Crippen LogP contribution in [-0.2, 0) is 56.0 Å². The molecule has 71 heavy (non-hydrogen) atoms. The topological polar surface area (TPSA) is 363 Å². The number of carbonyl (C=O) groups is 9. The first kappa shape index (κ1) is 60.6. The summed E-state index contributed by atoms with van der Waals surface area (Å²) in [5.41, 5.74) is 12.6. The molecule has 0 fully saturated rings. The Bertz CT molecular complexity index is 2040. The molecule has 0 radical (unpaired) electrons. The van der Waals surface area contributed by atoms with E-state index in [1.165, 1.54) is 0 Å². The number of rotatable bonds is 32. The van der Waals surface area contributed by atoms with Crippen molar-refractivity contribution in [2.45, 2.75) is 135 Å². The van der Waals surface area contributed by atoms with Crippen molar-refractivity contribution >= 4 is 53.2 Å². The highest BCUT2D eigenvalue weighted by Gasteiger charge is 2.35.